The summed E-state index contributed by atoms with van der Waals surface area (Å²) in [5.74, 6) is 0.537. The summed E-state index contributed by atoms with van der Waals surface area (Å²) in [7, 11) is -3.36. The third kappa shape index (κ3) is 12.0. The van der Waals surface area contributed by atoms with E-state index in [9.17, 15) is 27.6 Å². The molecule has 0 bridgehead atoms. The topological polar surface area (TPSA) is 176 Å². The maximum atomic E-state index is 13.3. The van der Waals surface area contributed by atoms with Crippen molar-refractivity contribution < 1.29 is 56.0 Å². The zero-order chi connectivity index (χ0) is 48.3. The number of carbonyl (C=O) groups excluding carboxylic acids is 4. The number of ether oxygens (including phenoxy) is 6. The van der Waals surface area contributed by atoms with Gasteiger partial charge in [0.25, 0.3) is 11.8 Å². The molecule has 1 saturated heterocycles. The Morgan fingerprint density at radius 1 is 0.667 bits per heavy atom. The fourth-order valence-electron chi connectivity index (χ4n) is 8.10. The first kappa shape index (κ1) is 48.4. The van der Waals surface area contributed by atoms with Gasteiger partial charge in [0, 0.05) is 36.7 Å². The van der Waals surface area contributed by atoms with Crippen molar-refractivity contribution in [3.05, 3.63) is 144 Å². The van der Waals surface area contributed by atoms with Crippen molar-refractivity contribution in [1.29, 1.82) is 0 Å². The lowest BCUT2D eigenvalue weighted by Crippen LogP contribution is -2.54. The van der Waals surface area contributed by atoms with Crippen LogP contribution in [0.2, 0.25) is 0 Å². The van der Waals surface area contributed by atoms with Crippen LogP contribution in [0.1, 0.15) is 46.0 Å². The number of benzene rings is 6. The van der Waals surface area contributed by atoms with Gasteiger partial charge in [-0.3, -0.25) is 34.3 Å². The second-order valence-electron chi connectivity index (χ2n) is 16.5. The summed E-state index contributed by atoms with van der Waals surface area (Å²) in [6.45, 7) is 6.70. The average molecular weight is 956 g/mol. The van der Waals surface area contributed by atoms with Gasteiger partial charge < -0.3 is 28.4 Å². The molecule has 358 valence electrons. The van der Waals surface area contributed by atoms with Crippen LogP contribution in [0, 0.1) is 0 Å². The molecule has 0 aliphatic carbocycles. The zero-order valence-corrected chi connectivity index (χ0v) is 39.2. The molecule has 2 aliphatic heterocycles. The van der Waals surface area contributed by atoms with Crippen molar-refractivity contribution >= 4 is 44.2 Å². The molecule has 8 rings (SSSR count). The smallest absolute Gasteiger partial charge is 0.266 e. The molecular formula is C53H53N3O12S. The van der Waals surface area contributed by atoms with Crippen LogP contribution in [0.15, 0.2) is 132 Å². The number of piperidine rings is 1. The van der Waals surface area contributed by atoms with E-state index in [0.717, 1.165) is 44.7 Å². The van der Waals surface area contributed by atoms with Crippen LogP contribution in [0.4, 0.5) is 0 Å². The lowest BCUT2D eigenvalue weighted by atomic mass is 9.99. The summed E-state index contributed by atoms with van der Waals surface area (Å²) in [6.07, 6.45) is 1.30. The highest BCUT2D eigenvalue weighted by Crippen LogP contribution is 2.41. The van der Waals surface area contributed by atoms with Gasteiger partial charge in [-0.05, 0) is 102 Å². The number of rotatable bonds is 23. The number of nitrogens with zero attached hydrogens (tertiary/aromatic N) is 2. The van der Waals surface area contributed by atoms with Gasteiger partial charge in [0.05, 0.1) is 42.4 Å². The van der Waals surface area contributed by atoms with Crippen LogP contribution < -0.4 is 24.3 Å². The fourth-order valence-corrected chi connectivity index (χ4v) is 8.73. The lowest BCUT2D eigenvalue weighted by Gasteiger charge is -2.27. The summed E-state index contributed by atoms with van der Waals surface area (Å²) < 4.78 is 60.5. The van der Waals surface area contributed by atoms with Gasteiger partial charge in [-0.1, -0.05) is 61.5 Å². The Labute approximate surface area is 400 Å². The van der Waals surface area contributed by atoms with Crippen molar-refractivity contribution in [2.45, 2.75) is 37.3 Å². The summed E-state index contributed by atoms with van der Waals surface area (Å²) in [5, 5.41) is 3.98. The van der Waals surface area contributed by atoms with E-state index in [0.29, 0.717) is 63.4 Å². The molecule has 1 unspecified atom stereocenters. The first-order chi connectivity index (χ1) is 33.5. The highest BCUT2D eigenvalue weighted by atomic mass is 32.2. The minimum Gasteiger partial charge on any atom is -0.492 e. The second kappa shape index (κ2) is 22.3. The highest BCUT2D eigenvalue weighted by molar-refractivity contribution is 7.90. The molecule has 69 heavy (non-hydrogen) atoms. The van der Waals surface area contributed by atoms with E-state index in [1.807, 2.05) is 84.9 Å². The normalized spacial score (nSPS) is 14.8. The summed E-state index contributed by atoms with van der Waals surface area (Å²) >= 11 is 0. The van der Waals surface area contributed by atoms with E-state index < -0.39 is 39.5 Å². The minimum atomic E-state index is -3.36. The number of likely N-dealkylation sites (N-methyl/N-ethyl adjacent to an activating group) is 1. The van der Waals surface area contributed by atoms with Crippen LogP contribution in [0.5, 0.6) is 28.7 Å². The summed E-state index contributed by atoms with van der Waals surface area (Å²) in [4.78, 5) is 53.7. The maximum absolute atomic E-state index is 13.3. The van der Waals surface area contributed by atoms with E-state index in [1.165, 1.54) is 12.3 Å². The number of amides is 4. The Morgan fingerprint density at radius 2 is 1.38 bits per heavy atom. The Hall–Kier alpha value is -7.11. The van der Waals surface area contributed by atoms with Crippen LogP contribution in [0.3, 0.4) is 0 Å². The van der Waals surface area contributed by atoms with Crippen molar-refractivity contribution in [3.63, 3.8) is 0 Å². The fraction of sp³-hybridized carbons (Fsp3) is 0.283. The Kier molecular flexibility index (Phi) is 15.6. The molecule has 6 aromatic carbocycles. The quantitative estimate of drug-likeness (QED) is 0.0494. The molecule has 16 heteroatoms. The highest BCUT2D eigenvalue weighted by Gasteiger charge is 2.46. The molecule has 0 saturated carbocycles. The molecule has 0 radical (unpaired) electrons. The van der Waals surface area contributed by atoms with Gasteiger partial charge in [-0.25, -0.2) is 8.42 Å². The predicted octanol–water partition coefficient (Wildman–Crippen LogP) is 7.50. The van der Waals surface area contributed by atoms with Gasteiger partial charge in [0.1, 0.15) is 54.6 Å². The van der Waals surface area contributed by atoms with Crippen molar-refractivity contribution in [3.8, 4) is 39.9 Å². The average Bonchev–Trinajstić information content (AvgIpc) is 3.61. The molecule has 15 nitrogen and oxygen atoms in total. The van der Waals surface area contributed by atoms with Crippen molar-refractivity contribution in [2.24, 2.45) is 0 Å². The van der Waals surface area contributed by atoms with E-state index in [4.69, 9.17) is 28.4 Å². The van der Waals surface area contributed by atoms with Crippen molar-refractivity contribution in [1.82, 2.24) is 15.1 Å². The third-order valence-corrected chi connectivity index (χ3v) is 12.9. The largest absolute Gasteiger partial charge is 0.492 e. The van der Waals surface area contributed by atoms with Crippen LogP contribution in [-0.4, -0.2) is 113 Å². The molecule has 0 aromatic heterocycles. The van der Waals surface area contributed by atoms with Gasteiger partial charge in [0.2, 0.25) is 11.8 Å². The van der Waals surface area contributed by atoms with Crippen LogP contribution in [0.25, 0.3) is 21.9 Å². The number of carbonyl (C=O) groups is 4. The molecule has 4 amide bonds. The Balaban J connectivity index is 0.776. The van der Waals surface area contributed by atoms with Crippen LogP contribution >= 0.6 is 0 Å². The SMILES string of the molecule is CCN(CCOCCOCCOc1cccc2c1C(=O)N(C1CCC(=O)NC1=O)C2=O)CCOc1ccc(Oc2c(-c3ccc(S(C)(=O)=O)cc3)ccc3cc(OCc4ccccc4)ccc23)cc1. The van der Waals surface area contributed by atoms with Crippen molar-refractivity contribution in [2.75, 3.05) is 65.5 Å². The molecule has 1 atom stereocenters. The van der Waals surface area contributed by atoms with Gasteiger partial charge >= 0.3 is 0 Å². The Morgan fingerprint density at radius 3 is 2.12 bits per heavy atom. The lowest BCUT2D eigenvalue weighted by molar-refractivity contribution is -0.136. The third-order valence-electron chi connectivity index (χ3n) is 11.8. The number of sulfone groups is 1. The number of imide groups is 2. The minimum absolute atomic E-state index is 0.0405. The van der Waals surface area contributed by atoms with Crippen LogP contribution in [-0.2, 0) is 35.5 Å². The summed E-state index contributed by atoms with van der Waals surface area (Å²) in [6, 6.07) is 37.7. The van der Waals surface area contributed by atoms with E-state index in [-0.39, 0.29) is 47.8 Å². The maximum Gasteiger partial charge on any atom is 0.266 e. The van der Waals surface area contributed by atoms with Gasteiger partial charge in [0.15, 0.2) is 9.84 Å². The first-order valence-corrected chi connectivity index (χ1v) is 24.7. The van der Waals surface area contributed by atoms with Gasteiger partial charge in [-0.2, -0.15) is 0 Å². The number of hydrogen-bond acceptors (Lipinski definition) is 13. The molecule has 6 aromatic rings. The standard InChI is InChI=1S/C53H53N3O12S/c1-3-55(26-28-63-30-31-64-32-33-66-47-11-7-10-45-49(47)53(60)56(52(45)59)46-24-25-48(57)54-51(46)58)27-29-65-39-15-17-40(18-16-39)68-50-43(37-12-20-42(21-13-37)69(2,61)62)22-14-38-34-41(19-23-44(38)50)67-35-36-8-5-4-6-9-36/h4-23,34,46H,3,24-33,35H2,1-2H3,(H,54,57,58). The molecular weight excluding hydrogens is 903 g/mol. The molecule has 2 heterocycles. The van der Waals surface area contributed by atoms with E-state index in [1.54, 1.807) is 36.4 Å². The van der Waals surface area contributed by atoms with E-state index in [2.05, 4.69) is 17.1 Å². The number of hydrogen-bond donors (Lipinski definition) is 1. The number of nitrogens with one attached hydrogen (secondary N) is 1. The zero-order valence-electron chi connectivity index (χ0n) is 38.4. The number of fused-ring (bicyclic) bond motifs is 2. The first-order valence-electron chi connectivity index (χ1n) is 22.8. The second-order valence-corrected chi connectivity index (χ2v) is 18.5. The predicted molar refractivity (Wildman–Crippen MR) is 258 cm³/mol. The molecule has 0 spiro atoms. The Bertz CT molecular complexity index is 2910. The molecule has 2 aliphatic rings. The van der Waals surface area contributed by atoms with E-state index >= 15 is 0 Å². The molecule has 1 N–H and O–H groups in total. The summed E-state index contributed by atoms with van der Waals surface area (Å²) in [5.41, 5.74) is 2.92. The molecule has 1 fully saturated rings. The van der Waals surface area contributed by atoms with Gasteiger partial charge in [-0.15, -0.1) is 0 Å². The monoisotopic (exact) mass is 955 g/mol.